The summed E-state index contributed by atoms with van der Waals surface area (Å²) in [5, 5.41) is 9.66. The van der Waals surface area contributed by atoms with Crippen LogP contribution in [0.25, 0.3) is 0 Å². The third-order valence-corrected chi connectivity index (χ3v) is 3.93. The van der Waals surface area contributed by atoms with E-state index in [1.807, 2.05) is 18.2 Å². The molecule has 3 atom stereocenters. The van der Waals surface area contributed by atoms with Gasteiger partial charge in [-0.15, -0.1) is 0 Å². The number of benzene rings is 1. The summed E-state index contributed by atoms with van der Waals surface area (Å²) in [5.74, 6) is 2.39. The maximum absolute atomic E-state index is 9.66. The Morgan fingerprint density at radius 1 is 1.33 bits per heavy atom. The van der Waals surface area contributed by atoms with E-state index in [0.717, 1.165) is 35.8 Å². The summed E-state index contributed by atoms with van der Waals surface area (Å²) in [7, 11) is 0. The van der Waals surface area contributed by atoms with Gasteiger partial charge in [-0.2, -0.15) is 0 Å². The zero-order chi connectivity index (χ0) is 12.5. The van der Waals surface area contributed by atoms with Crippen LogP contribution in [-0.2, 0) is 0 Å². The molecule has 0 bridgehead atoms. The highest BCUT2D eigenvalue weighted by molar-refractivity contribution is 5.44. The molecule has 1 fully saturated rings. The van der Waals surface area contributed by atoms with E-state index in [0.29, 0.717) is 12.7 Å². The van der Waals surface area contributed by atoms with E-state index in [1.54, 1.807) is 0 Å². The predicted octanol–water partition coefficient (Wildman–Crippen LogP) is 3.07. The van der Waals surface area contributed by atoms with Crippen molar-refractivity contribution < 1.29 is 14.6 Å². The van der Waals surface area contributed by atoms with Gasteiger partial charge in [0.1, 0.15) is 24.2 Å². The lowest BCUT2D eigenvalue weighted by atomic mass is 9.89. The van der Waals surface area contributed by atoms with E-state index in [-0.39, 0.29) is 0 Å². The first-order valence-electron chi connectivity index (χ1n) is 6.84. The van der Waals surface area contributed by atoms with Crippen LogP contribution in [-0.4, -0.2) is 17.8 Å². The van der Waals surface area contributed by atoms with E-state index in [2.05, 4.69) is 6.92 Å². The lowest BCUT2D eigenvalue weighted by Gasteiger charge is -2.27. The molecule has 3 nitrogen and oxygen atoms in total. The summed E-state index contributed by atoms with van der Waals surface area (Å²) in [6, 6.07) is 5.76. The topological polar surface area (TPSA) is 38.7 Å². The third kappa shape index (κ3) is 2.32. The zero-order valence-electron chi connectivity index (χ0n) is 10.8. The van der Waals surface area contributed by atoms with Crippen molar-refractivity contribution in [3.05, 3.63) is 23.8 Å². The van der Waals surface area contributed by atoms with Crippen molar-refractivity contribution in [3.8, 4) is 11.5 Å². The van der Waals surface area contributed by atoms with Crippen LogP contribution < -0.4 is 9.47 Å². The number of rotatable bonds is 2. The Balaban J connectivity index is 1.70. The van der Waals surface area contributed by atoms with Gasteiger partial charge in [-0.3, -0.25) is 0 Å². The van der Waals surface area contributed by atoms with Crippen LogP contribution in [0, 0.1) is 5.92 Å². The van der Waals surface area contributed by atoms with Gasteiger partial charge in [0.25, 0.3) is 0 Å². The van der Waals surface area contributed by atoms with Gasteiger partial charge in [-0.25, -0.2) is 0 Å². The summed E-state index contributed by atoms with van der Waals surface area (Å²) >= 11 is 0. The van der Waals surface area contributed by atoms with Gasteiger partial charge >= 0.3 is 0 Å². The highest BCUT2D eigenvalue weighted by Gasteiger charge is 2.24. The molecule has 18 heavy (non-hydrogen) atoms. The SMILES string of the molecule is CC1CCCC(Oc2ccc3c(c2)OCC3O)C1. The maximum atomic E-state index is 9.66. The summed E-state index contributed by atoms with van der Waals surface area (Å²) in [6.45, 7) is 2.65. The summed E-state index contributed by atoms with van der Waals surface area (Å²) < 4.78 is 11.5. The largest absolute Gasteiger partial charge is 0.490 e. The van der Waals surface area contributed by atoms with Crippen LogP contribution >= 0.6 is 0 Å². The van der Waals surface area contributed by atoms with Crippen LogP contribution in [0.2, 0.25) is 0 Å². The van der Waals surface area contributed by atoms with Gasteiger partial charge < -0.3 is 14.6 Å². The fraction of sp³-hybridized carbons (Fsp3) is 0.600. The fourth-order valence-electron chi connectivity index (χ4n) is 2.92. The molecule has 3 unspecified atom stereocenters. The first kappa shape index (κ1) is 11.8. The van der Waals surface area contributed by atoms with E-state index in [1.165, 1.54) is 12.8 Å². The second-order valence-electron chi connectivity index (χ2n) is 5.54. The Labute approximate surface area is 108 Å². The molecule has 3 heteroatoms. The zero-order valence-corrected chi connectivity index (χ0v) is 10.8. The number of hydrogen-bond donors (Lipinski definition) is 1. The number of ether oxygens (including phenoxy) is 2. The number of hydrogen-bond acceptors (Lipinski definition) is 3. The average Bonchev–Trinajstić information content (AvgIpc) is 2.71. The summed E-state index contributed by atoms with van der Waals surface area (Å²) in [4.78, 5) is 0. The van der Waals surface area contributed by atoms with Crippen LogP contribution in [0.5, 0.6) is 11.5 Å². The molecule has 1 saturated carbocycles. The van der Waals surface area contributed by atoms with Crippen molar-refractivity contribution in [1.82, 2.24) is 0 Å². The molecule has 0 spiro atoms. The van der Waals surface area contributed by atoms with Crippen LogP contribution in [0.15, 0.2) is 18.2 Å². The molecular formula is C15H20O3. The molecule has 1 aromatic carbocycles. The molecule has 1 N–H and O–H groups in total. The molecule has 1 heterocycles. The van der Waals surface area contributed by atoms with Gasteiger partial charge in [-0.1, -0.05) is 13.3 Å². The van der Waals surface area contributed by atoms with E-state index in [9.17, 15) is 5.11 Å². The Hall–Kier alpha value is -1.22. The smallest absolute Gasteiger partial charge is 0.129 e. The van der Waals surface area contributed by atoms with Gasteiger partial charge in [0, 0.05) is 11.6 Å². The van der Waals surface area contributed by atoms with Crippen LogP contribution in [0.3, 0.4) is 0 Å². The number of aliphatic hydroxyl groups excluding tert-OH is 1. The Morgan fingerprint density at radius 2 is 2.22 bits per heavy atom. The quantitative estimate of drug-likeness (QED) is 0.874. The van der Waals surface area contributed by atoms with Crippen molar-refractivity contribution in [2.45, 2.75) is 44.8 Å². The van der Waals surface area contributed by atoms with Gasteiger partial charge in [-0.05, 0) is 37.3 Å². The second kappa shape index (κ2) is 4.81. The van der Waals surface area contributed by atoms with Crippen molar-refractivity contribution in [2.75, 3.05) is 6.61 Å². The first-order chi connectivity index (χ1) is 8.72. The van der Waals surface area contributed by atoms with Gasteiger partial charge in [0.2, 0.25) is 0 Å². The molecule has 2 aliphatic rings. The molecule has 0 saturated heterocycles. The normalized spacial score (nSPS) is 30.7. The lowest BCUT2D eigenvalue weighted by Crippen LogP contribution is -2.24. The minimum absolute atomic E-state index is 0.332. The minimum Gasteiger partial charge on any atom is -0.490 e. The number of aliphatic hydroxyl groups is 1. The molecule has 1 aliphatic heterocycles. The molecule has 1 aromatic rings. The van der Waals surface area contributed by atoms with Crippen molar-refractivity contribution in [3.63, 3.8) is 0 Å². The standard InChI is InChI=1S/C15H20O3/c1-10-3-2-4-11(7-10)18-12-5-6-13-14(16)9-17-15(13)8-12/h5-6,8,10-11,14,16H,2-4,7,9H2,1H3. The van der Waals surface area contributed by atoms with Crippen molar-refractivity contribution >= 4 is 0 Å². The highest BCUT2D eigenvalue weighted by Crippen LogP contribution is 2.36. The molecular weight excluding hydrogens is 228 g/mol. The molecule has 1 aliphatic carbocycles. The van der Waals surface area contributed by atoms with Gasteiger partial charge in [0.15, 0.2) is 0 Å². The van der Waals surface area contributed by atoms with E-state index >= 15 is 0 Å². The first-order valence-corrected chi connectivity index (χ1v) is 6.84. The molecule has 0 amide bonds. The average molecular weight is 248 g/mol. The third-order valence-electron chi connectivity index (χ3n) is 3.93. The summed E-state index contributed by atoms with van der Waals surface area (Å²) in [5.41, 5.74) is 0.874. The predicted molar refractivity (Wildman–Crippen MR) is 68.9 cm³/mol. The lowest BCUT2D eigenvalue weighted by molar-refractivity contribution is 0.128. The van der Waals surface area contributed by atoms with Gasteiger partial charge in [0.05, 0.1) is 6.10 Å². The fourth-order valence-corrected chi connectivity index (χ4v) is 2.92. The highest BCUT2D eigenvalue weighted by atomic mass is 16.5. The molecule has 3 rings (SSSR count). The Morgan fingerprint density at radius 3 is 3.06 bits per heavy atom. The van der Waals surface area contributed by atoms with Crippen molar-refractivity contribution in [2.24, 2.45) is 5.92 Å². The Kier molecular flexibility index (Phi) is 3.16. The molecule has 98 valence electrons. The Bertz CT molecular complexity index is 430. The minimum atomic E-state index is -0.483. The van der Waals surface area contributed by atoms with E-state index in [4.69, 9.17) is 9.47 Å². The molecule has 0 radical (unpaired) electrons. The van der Waals surface area contributed by atoms with Crippen LogP contribution in [0.4, 0.5) is 0 Å². The summed E-state index contributed by atoms with van der Waals surface area (Å²) in [6.07, 6.45) is 4.71. The second-order valence-corrected chi connectivity index (χ2v) is 5.54. The monoisotopic (exact) mass is 248 g/mol. The van der Waals surface area contributed by atoms with Crippen LogP contribution in [0.1, 0.15) is 44.3 Å². The van der Waals surface area contributed by atoms with Crippen molar-refractivity contribution in [1.29, 1.82) is 0 Å². The maximum Gasteiger partial charge on any atom is 0.129 e. The number of fused-ring (bicyclic) bond motifs is 1. The van der Waals surface area contributed by atoms with E-state index < -0.39 is 6.10 Å². The molecule has 0 aromatic heterocycles.